The Morgan fingerprint density at radius 2 is 0.412 bits per heavy atom. The Hall–Kier alpha value is -0.552. The van der Waals surface area contributed by atoms with Gasteiger partial charge in [-0.2, -0.15) is 0 Å². The second-order valence-corrected chi connectivity index (χ2v) is 3.50. The first kappa shape index (κ1) is 30.0. The SMILES string of the molecule is NC(N)=S.NC(N)=S.NC(N)=S.NC(N)=S.[Pt]. The van der Waals surface area contributed by atoms with E-state index in [1.807, 2.05) is 0 Å². The maximum atomic E-state index is 4.62. The van der Waals surface area contributed by atoms with Crippen LogP contribution in [0, 0.1) is 0 Å². The third-order valence-electron chi connectivity index (χ3n) is 0. The molecule has 0 atom stereocenters. The molecule has 0 rings (SSSR count). The molecule has 0 aromatic carbocycles. The Bertz CT molecular complexity index is 170. The average molecular weight is 500 g/mol. The predicted molar refractivity (Wildman–Crippen MR) is 83.9 cm³/mol. The average Bonchev–Trinajstić information content (AvgIpc) is 1.76. The van der Waals surface area contributed by atoms with Crippen LogP contribution in [0.3, 0.4) is 0 Å². The maximum Gasteiger partial charge on any atom is 0.160 e. The Kier molecular flexibility index (Phi) is 43.3. The molecule has 8 nitrogen and oxygen atoms in total. The van der Waals surface area contributed by atoms with Gasteiger partial charge >= 0.3 is 0 Å². The van der Waals surface area contributed by atoms with E-state index < -0.39 is 0 Å². The van der Waals surface area contributed by atoms with E-state index in [-0.39, 0.29) is 41.5 Å². The summed E-state index contributed by atoms with van der Waals surface area (Å²) in [5.41, 5.74) is 37.0. The Labute approximate surface area is 135 Å². The molecular formula is C4H16N8PtS4. The zero-order valence-corrected chi connectivity index (χ0v) is 14.1. The van der Waals surface area contributed by atoms with Gasteiger partial charge in [0.2, 0.25) is 0 Å². The van der Waals surface area contributed by atoms with Crippen LogP contribution in [0.25, 0.3) is 0 Å². The monoisotopic (exact) mass is 499 g/mol. The van der Waals surface area contributed by atoms with Crippen molar-refractivity contribution >= 4 is 69.3 Å². The molecule has 0 saturated carbocycles. The first-order valence-electron chi connectivity index (χ1n) is 3.13. The summed E-state index contributed by atoms with van der Waals surface area (Å²) < 4.78 is 0. The van der Waals surface area contributed by atoms with Gasteiger partial charge in [0, 0.05) is 21.1 Å². The fourth-order valence-electron chi connectivity index (χ4n) is 0. The van der Waals surface area contributed by atoms with E-state index in [0.29, 0.717) is 0 Å². The van der Waals surface area contributed by atoms with Gasteiger partial charge in [-0.3, -0.25) is 0 Å². The molecule has 0 saturated heterocycles. The fraction of sp³-hybridized carbons (Fsp3) is 0. The second kappa shape index (κ2) is 24.6. The van der Waals surface area contributed by atoms with Crippen LogP contribution in [0.5, 0.6) is 0 Å². The van der Waals surface area contributed by atoms with E-state index in [1.54, 1.807) is 0 Å². The molecule has 0 fully saturated rings. The van der Waals surface area contributed by atoms with E-state index in [9.17, 15) is 0 Å². The summed E-state index contributed by atoms with van der Waals surface area (Å²) in [6, 6.07) is 0. The standard InChI is InChI=1S/4CH4N2S.Pt/c4*2-1(3)4;/h4*(H4,2,3,4);. The molecule has 0 bridgehead atoms. The summed E-state index contributed by atoms with van der Waals surface area (Å²) in [6.07, 6.45) is 0. The van der Waals surface area contributed by atoms with Crippen molar-refractivity contribution in [3.05, 3.63) is 0 Å². The molecule has 13 heteroatoms. The molecule has 0 aliphatic carbocycles. The van der Waals surface area contributed by atoms with Crippen LogP contribution in [0.2, 0.25) is 0 Å². The van der Waals surface area contributed by atoms with Crippen molar-refractivity contribution in [1.29, 1.82) is 0 Å². The van der Waals surface area contributed by atoms with Gasteiger partial charge in [0.05, 0.1) is 0 Å². The van der Waals surface area contributed by atoms with Gasteiger partial charge in [-0.15, -0.1) is 0 Å². The van der Waals surface area contributed by atoms with Crippen molar-refractivity contribution in [3.63, 3.8) is 0 Å². The van der Waals surface area contributed by atoms with Crippen molar-refractivity contribution in [2.24, 2.45) is 45.9 Å². The molecule has 0 aromatic rings. The number of nitrogens with two attached hydrogens (primary N) is 8. The molecule has 0 radical (unpaired) electrons. The van der Waals surface area contributed by atoms with Crippen LogP contribution in [-0.4, -0.2) is 20.4 Å². The molecule has 0 unspecified atom stereocenters. The van der Waals surface area contributed by atoms with Crippen molar-refractivity contribution < 1.29 is 21.1 Å². The Balaban J connectivity index is -0.0000000369. The molecular weight excluding hydrogens is 483 g/mol. The van der Waals surface area contributed by atoms with Crippen LogP contribution in [-0.2, 0) is 21.1 Å². The van der Waals surface area contributed by atoms with Crippen LogP contribution in [0.4, 0.5) is 0 Å². The van der Waals surface area contributed by atoms with Gasteiger partial charge < -0.3 is 45.9 Å². The van der Waals surface area contributed by atoms with E-state index in [0.717, 1.165) is 0 Å². The number of thiocarbonyl (C=S) groups is 4. The van der Waals surface area contributed by atoms with E-state index in [1.165, 1.54) is 0 Å². The van der Waals surface area contributed by atoms with E-state index >= 15 is 0 Å². The molecule has 16 N–H and O–H groups in total. The summed E-state index contributed by atoms with van der Waals surface area (Å²) in [7, 11) is 0. The fourth-order valence-corrected chi connectivity index (χ4v) is 0. The van der Waals surface area contributed by atoms with Gasteiger partial charge in [0.25, 0.3) is 0 Å². The summed E-state index contributed by atoms with van der Waals surface area (Å²) in [6.45, 7) is 0. The minimum atomic E-state index is 0. The maximum absolute atomic E-state index is 4.62. The van der Waals surface area contributed by atoms with E-state index in [2.05, 4.69) is 94.7 Å². The zero-order chi connectivity index (χ0) is 14.3. The minimum Gasteiger partial charge on any atom is -0.377 e. The predicted octanol–water partition coefficient (Wildman–Crippen LogP) is -3.25. The smallest absolute Gasteiger partial charge is 0.160 e. The van der Waals surface area contributed by atoms with Crippen LogP contribution in [0.15, 0.2) is 0 Å². The van der Waals surface area contributed by atoms with Gasteiger partial charge in [0.15, 0.2) is 20.4 Å². The molecule has 0 amide bonds. The van der Waals surface area contributed by atoms with Gasteiger partial charge in [-0.05, 0) is 48.9 Å². The Morgan fingerprint density at radius 3 is 0.412 bits per heavy atom. The van der Waals surface area contributed by atoms with E-state index in [4.69, 9.17) is 0 Å². The Morgan fingerprint density at radius 1 is 0.412 bits per heavy atom. The van der Waals surface area contributed by atoms with Crippen LogP contribution in [0.1, 0.15) is 0 Å². The normalized spacial score (nSPS) is 5.65. The van der Waals surface area contributed by atoms with Crippen molar-refractivity contribution in [1.82, 2.24) is 0 Å². The largest absolute Gasteiger partial charge is 0.377 e. The van der Waals surface area contributed by atoms with Gasteiger partial charge in [-0.1, -0.05) is 0 Å². The van der Waals surface area contributed by atoms with Gasteiger partial charge in [-0.25, -0.2) is 0 Å². The van der Waals surface area contributed by atoms with Crippen LogP contribution >= 0.6 is 48.9 Å². The van der Waals surface area contributed by atoms with Crippen molar-refractivity contribution in [2.45, 2.75) is 0 Å². The van der Waals surface area contributed by atoms with Crippen molar-refractivity contribution in [2.75, 3.05) is 0 Å². The molecule has 106 valence electrons. The number of hydrogen-bond acceptors (Lipinski definition) is 4. The molecule has 0 heterocycles. The summed E-state index contributed by atoms with van der Waals surface area (Å²) in [4.78, 5) is 0. The molecule has 0 spiro atoms. The molecule has 0 aromatic heterocycles. The summed E-state index contributed by atoms with van der Waals surface area (Å²) >= 11 is 16.4. The summed E-state index contributed by atoms with van der Waals surface area (Å²) in [5.74, 6) is 0. The van der Waals surface area contributed by atoms with Gasteiger partial charge in [0.1, 0.15) is 0 Å². The zero-order valence-electron chi connectivity index (χ0n) is 8.57. The minimum absolute atomic E-state index is 0. The van der Waals surface area contributed by atoms with Crippen LogP contribution < -0.4 is 45.9 Å². The topological polar surface area (TPSA) is 208 Å². The number of hydrogen-bond donors (Lipinski definition) is 8. The number of rotatable bonds is 0. The summed E-state index contributed by atoms with van der Waals surface area (Å²) in [5, 5.41) is 0.000000000000000888. The molecule has 17 heavy (non-hydrogen) atoms. The first-order chi connectivity index (χ1) is 6.93. The molecule has 0 aliphatic rings. The quantitative estimate of drug-likeness (QED) is 0.155. The molecule has 0 aliphatic heterocycles. The first-order valence-corrected chi connectivity index (χ1v) is 4.76. The third-order valence-corrected chi connectivity index (χ3v) is 0. The van der Waals surface area contributed by atoms with Crippen molar-refractivity contribution in [3.8, 4) is 0 Å². The second-order valence-electron chi connectivity index (χ2n) is 1.61. The third kappa shape index (κ3) is 9180.